The van der Waals surface area contributed by atoms with Crippen LogP contribution in [0.3, 0.4) is 0 Å². The van der Waals surface area contributed by atoms with E-state index >= 15 is 0 Å². The largest absolute Gasteiger partial charge is 0.376 e. The van der Waals surface area contributed by atoms with E-state index in [1.54, 1.807) is 12.1 Å². The van der Waals surface area contributed by atoms with Gasteiger partial charge in [0.2, 0.25) is 10.0 Å². The van der Waals surface area contributed by atoms with Crippen molar-refractivity contribution in [2.24, 2.45) is 0 Å². The molecule has 0 unspecified atom stereocenters. The average Bonchev–Trinajstić information content (AvgIpc) is 3.52. The normalized spacial score (nSPS) is 19.5. The van der Waals surface area contributed by atoms with E-state index in [4.69, 9.17) is 4.74 Å². The van der Waals surface area contributed by atoms with Crippen molar-refractivity contribution in [1.29, 1.82) is 0 Å². The van der Waals surface area contributed by atoms with Crippen molar-refractivity contribution in [2.45, 2.75) is 41.6 Å². The molecule has 2 heterocycles. The Kier molecular flexibility index (Phi) is 7.03. The summed E-state index contributed by atoms with van der Waals surface area (Å²) in [7, 11) is -7.68. The molecule has 2 aromatic rings. The van der Waals surface area contributed by atoms with Crippen LogP contribution in [0.25, 0.3) is 0 Å². The highest BCUT2D eigenvalue weighted by atomic mass is 32.2. The van der Waals surface area contributed by atoms with Gasteiger partial charge >= 0.3 is 0 Å². The second-order valence-electron chi connectivity index (χ2n) is 8.08. The SMILES string of the molecule is O=C(NC[C@H]1CCCO1)c1ccccc1NS(=O)(=O)c1ccc(S(=O)(=O)N2CCCC2)cc1. The number of hydrogen-bond acceptors (Lipinski definition) is 6. The Morgan fingerprint density at radius 3 is 2.27 bits per heavy atom. The zero-order chi connectivity index (χ0) is 23.5. The van der Waals surface area contributed by atoms with Crippen LogP contribution in [0.4, 0.5) is 5.69 Å². The molecule has 11 heteroatoms. The fourth-order valence-corrected chi connectivity index (χ4v) is 6.55. The number of para-hydroxylation sites is 1. The molecule has 2 N–H and O–H groups in total. The summed E-state index contributed by atoms with van der Waals surface area (Å²) in [5, 5.41) is 2.79. The number of amides is 1. The minimum Gasteiger partial charge on any atom is -0.376 e. The Morgan fingerprint density at radius 1 is 0.939 bits per heavy atom. The number of rotatable bonds is 8. The maximum absolute atomic E-state index is 12.9. The Balaban J connectivity index is 1.49. The Bertz CT molecular complexity index is 1200. The molecule has 1 atom stereocenters. The fourth-order valence-electron chi connectivity index (χ4n) is 3.95. The van der Waals surface area contributed by atoms with Gasteiger partial charge in [0.1, 0.15) is 0 Å². The lowest BCUT2D eigenvalue weighted by Crippen LogP contribution is -2.32. The summed E-state index contributed by atoms with van der Waals surface area (Å²) in [6.45, 7) is 1.97. The van der Waals surface area contributed by atoms with Gasteiger partial charge in [0.15, 0.2) is 0 Å². The molecule has 0 saturated carbocycles. The van der Waals surface area contributed by atoms with E-state index < -0.39 is 26.0 Å². The lowest BCUT2D eigenvalue weighted by molar-refractivity contribution is 0.0858. The number of sulfonamides is 2. The highest BCUT2D eigenvalue weighted by molar-refractivity contribution is 7.92. The van der Waals surface area contributed by atoms with Crippen molar-refractivity contribution >= 4 is 31.6 Å². The first-order valence-electron chi connectivity index (χ1n) is 10.9. The number of ether oxygens (including phenoxy) is 1. The first-order valence-corrected chi connectivity index (χ1v) is 13.8. The minimum absolute atomic E-state index is 0.0341. The first kappa shape index (κ1) is 23.7. The van der Waals surface area contributed by atoms with Crippen LogP contribution in [0.2, 0.25) is 0 Å². The molecular formula is C22H27N3O6S2. The van der Waals surface area contributed by atoms with Crippen molar-refractivity contribution in [3.63, 3.8) is 0 Å². The van der Waals surface area contributed by atoms with Gasteiger partial charge in [0.05, 0.1) is 27.1 Å². The molecule has 33 heavy (non-hydrogen) atoms. The highest BCUT2D eigenvalue weighted by Crippen LogP contribution is 2.24. The van der Waals surface area contributed by atoms with Crippen molar-refractivity contribution in [3.8, 4) is 0 Å². The molecule has 2 aromatic carbocycles. The quantitative estimate of drug-likeness (QED) is 0.581. The van der Waals surface area contributed by atoms with Gasteiger partial charge in [0, 0.05) is 26.2 Å². The average molecular weight is 494 g/mol. The number of hydrogen-bond donors (Lipinski definition) is 2. The molecule has 2 fully saturated rings. The number of nitrogens with zero attached hydrogens (tertiary/aromatic N) is 1. The molecule has 0 bridgehead atoms. The Morgan fingerprint density at radius 2 is 1.61 bits per heavy atom. The van der Waals surface area contributed by atoms with Crippen LogP contribution in [0.5, 0.6) is 0 Å². The summed E-state index contributed by atoms with van der Waals surface area (Å²) >= 11 is 0. The third kappa shape index (κ3) is 5.37. The van der Waals surface area contributed by atoms with Crippen LogP contribution in [0, 0.1) is 0 Å². The molecule has 2 aliphatic heterocycles. The Labute approximate surface area is 194 Å². The summed E-state index contributed by atoms with van der Waals surface area (Å²) < 4.78 is 60.6. The van der Waals surface area contributed by atoms with Crippen LogP contribution < -0.4 is 10.0 Å². The monoisotopic (exact) mass is 493 g/mol. The van der Waals surface area contributed by atoms with Gasteiger partial charge in [-0.05, 0) is 62.1 Å². The van der Waals surface area contributed by atoms with E-state index in [0.717, 1.165) is 25.7 Å². The predicted molar refractivity (Wildman–Crippen MR) is 123 cm³/mol. The van der Waals surface area contributed by atoms with Crippen molar-refractivity contribution in [3.05, 3.63) is 54.1 Å². The van der Waals surface area contributed by atoms with Gasteiger partial charge in [0.25, 0.3) is 15.9 Å². The fraction of sp³-hybridized carbons (Fsp3) is 0.409. The topological polar surface area (TPSA) is 122 Å². The smallest absolute Gasteiger partial charge is 0.261 e. The standard InChI is InChI=1S/C22H27N3O6S2/c26-22(23-16-17-6-5-15-31-17)20-7-1-2-8-21(20)24-32(27,28)18-9-11-19(12-10-18)33(29,30)25-13-3-4-14-25/h1-2,7-12,17,24H,3-6,13-16H2,(H,23,26)/t17-/m1/s1. The molecule has 0 spiro atoms. The zero-order valence-electron chi connectivity index (χ0n) is 18.1. The predicted octanol–water partition coefficient (Wildman–Crippen LogP) is 2.18. The van der Waals surface area contributed by atoms with E-state index in [0.29, 0.717) is 26.2 Å². The lowest BCUT2D eigenvalue weighted by atomic mass is 10.1. The number of benzene rings is 2. The molecule has 178 valence electrons. The van der Waals surface area contributed by atoms with Crippen molar-refractivity contribution < 1.29 is 26.4 Å². The van der Waals surface area contributed by atoms with Gasteiger partial charge < -0.3 is 10.1 Å². The third-order valence-corrected chi connectivity index (χ3v) is 9.06. The number of carbonyl (C=O) groups excluding carboxylic acids is 1. The zero-order valence-corrected chi connectivity index (χ0v) is 19.7. The van der Waals surface area contributed by atoms with Gasteiger partial charge in [-0.3, -0.25) is 9.52 Å². The summed E-state index contributed by atoms with van der Waals surface area (Å²) in [5.74, 6) is -0.407. The van der Waals surface area contributed by atoms with Gasteiger partial charge in [-0.2, -0.15) is 4.31 Å². The van der Waals surface area contributed by atoms with Crippen LogP contribution in [0.1, 0.15) is 36.0 Å². The first-order chi connectivity index (χ1) is 15.8. The molecule has 0 aliphatic carbocycles. The van der Waals surface area contributed by atoms with Crippen molar-refractivity contribution in [1.82, 2.24) is 9.62 Å². The highest BCUT2D eigenvalue weighted by Gasteiger charge is 2.28. The summed E-state index contributed by atoms with van der Waals surface area (Å²) in [6, 6.07) is 11.4. The Hall–Kier alpha value is -2.47. The van der Waals surface area contributed by atoms with Gasteiger partial charge in [-0.25, -0.2) is 16.8 Å². The van der Waals surface area contributed by atoms with E-state index in [-0.39, 0.29) is 27.1 Å². The second kappa shape index (κ2) is 9.80. The van der Waals surface area contributed by atoms with Crippen LogP contribution >= 0.6 is 0 Å². The van der Waals surface area contributed by atoms with Crippen LogP contribution in [-0.2, 0) is 24.8 Å². The third-order valence-electron chi connectivity index (χ3n) is 5.77. The summed E-state index contributed by atoms with van der Waals surface area (Å²) in [4.78, 5) is 12.6. The molecule has 1 amide bonds. The maximum Gasteiger partial charge on any atom is 0.261 e. The van der Waals surface area contributed by atoms with Crippen LogP contribution in [0.15, 0.2) is 58.3 Å². The van der Waals surface area contributed by atoms with E-state index in [1.165, 1.54) is 40.7 Å². The van der Waals surface area contributed by atoms with E-state index in [2.05, 4.69) is 10.0 Å². The molecule has 0 aromatic heterocycles. The van der Waals surface area contributed by atoms with Gasteiger partial charge in [-0.1, -0.05) is 12.1 Å². The summed E-state index contributed by atoms with van der Waals surface area (Å²) in [5.41, 5.74) is 0.323. The van der Waals surface area contributed by atoms with Gasteiger partial charge in [-0.15, -0.1) is 0 Å². The minimum atomic E-state index is -4.04. The number of anilines is 1. The maximum atomic E-state index is 12.9. The van der Waals surface area contributed by atoms with Crippen LogP contribution in [-0.4, -0.2) is 59.4 Å². The molecule has 4 rings (SSSR count). The number of carbonyl (C=O) groups is 1. The molecule has 9 nitrogen and oxygen atoms in total. The molecular weight excluding hydrogens is 466 g/mol. The summed E-state index contributed by atoms with van der Waals surface area (Å²) in [6.07, 6.45) is 3.42. The molecule has 2 saturated heterocycles. The van der Waals surface area contributed by atoms with Crippen molar-refractivity contribution in [2.75, 3.05) is 31.0 Å². The van der Waals surface area contributed by atoms with E-state index in [9.17, 15) is 21.6 Å². The second-order valence-corrected chi connectivity index (χ2v) is 11.7. The number of nitrogens with one attached hydrogen (secondary N) is 2. The molecule has 2 aliphatic rings. The van der Waals surface area contributed by atoms with E-state index in [1.807, 2.05) is 0 Å². The molecule has 0 radical (unpaired) electrons. The lowest BCUT2D eigenvalue weighted by Gasteiger charge is -2.16.